The minimum Gasteiger partial charge on any atom is -0.277 e. The van der Waals surface area contributed by atoms with Crippen LogP contribution in [0.5, 0.6) is 0 Å². The third-order valence-electron chi connectivity index (χ3n) is 0.640. The molecule has 0 saturated carbocycles. The molecule has 0 spiro atoms. The van der Waals surface area contributed by atoms with Crippen molar-refractivity contribution in [3.8, 4) is 0 Å². The first kappa shape index (κ1) is 8.14. The molecule has 0 amide bonds. The van der Waals surface area contributed by atoms with E-state index in [0.29, 0.717) is 0 Å². The molecule has 0 atom stereocenters. The maximum atomic E-state index is 4.07. The van der Waals surface area contributed by atoms with Gasteiger partial charge in [0.2, 0.25) is 0 Å². The van der Waals surface area contributed by atoms with E-state index in [1.807, 2.05) is 20.9 Å². The zero-order chi connectivity index (χ0) is 7.28. The number of hydrogen-bond donors (Lipinski definition) is 0. The fourth-order valence-electron chi connectivity index (χ4n) is 0.508. The van der Waals surface area contributed by atoms with Gasteiger partial charge in [0.25, 0.3) is 0 Å². The lowest BCUT2D eigenvalue weighted by Crippen LogP contribution is -2.09. The normalized spacial score (nSPS) is 9.78. The van der Waals surface area contributed by atoms with Gasteiger partial charge in [0.1, 0.15) is 6.34 Å². The van der Waals surface area contributed by atoms with Crippen molar-refractivity contribution in [3.63, 3.8) is 0 Å². The van der Waals surface area contributed by atoms with E-state index in [2.05, 4.69) is 10.1 Å². The Labute approximate surface area is 56.1 Å². The summed E-state index contributed by atoms with van der Waals surface area (Å²) in [6, 6.07) is 0. The van der Waals surface area contributed by atoms with Crippen LogP contribution >= 0.6 is 0 Å². The largest absolute Gasteiger partial charge is 0.277 e. The number of nitrogens with zero attached hydrogens (tertiary/aromatic N) is 3. The summed E-state index contributed by atoms with van der Waals surface area (Å²) in [5.74, 6) is 0. The van der Waals surface area contributed by atoms with Crippen LogP contribution in [0.3, 0.4) is 0 Å². The van der Waals surface area contributed by atoms with Crippen molar-refractivity contribution < 1.29 is 0 Å². The first-order valence-electron chi connectivity index (χ1n) is 2.83. The molecule has 0 aliphatic carbocycles. The van der Waals surface area contributed by atoms with Gasteiger partial charge in [-0.15, -0.1) is 0 Å². The third kappa shape index (κ3) is 5.00. The fraction of sp³-hybridized carbons (Fsp3) is 0.667. The summed E-state index contributed by atoms with van der Waals surface area (Å²) in [5, 5.41) is 5.74. The maximum absolute atomic E-state index is 4.07. The molecule has 52 valence electrons. The molecule has 9 heavy (non-hydrogen) atoms. The number of hydrazone groups is 1. The third-order valence-corrected chi connectivity index (χ3v) is 0.640. The van der Waals surface area contributed by atoms with Crippen molar-refractivity contribution in [2.75, 3.05) is 14.1 Å². The highest BCUT2D eigenvalue weighted by Crippen LogP contribution is 1.79. The minimum absolute atomic E-state index is 1.03. The minimum atomic E-state index is 1.03. The number of hydrogen-bond acceptors (Lipinski definition) is 2. The van der Waals surface area contributed by atoms with E-state index in [1.54, 1.807) is 18.4 Å². The van der Waals surface area contributed by atoms with E-state index in [0.717, 1.165) is 5.71 Å². The second-order valence-electron chi connectivity index (χ2n) is 1.99. The summed E-state index contributed by atoms with van der Waals surface area (Å²) in [4.78, 5) is 3.78. The molecule has 0 aliphatic rings. The lowest BCUT2D eigenvalue weighted by atomic mass is 10.5. The maximum Gasteiger partial charge on any atom is 0.105 e. The van der Waals surface area contributed by atoms with Gasteiger partial charge in [0.05, 0.1) is 0 Å². The van der Waals surface area contributed by atoms with Crippen LogP contribution in [0.2, 0.25) is 0 Å². The lowest BCUT2D eigenvalue weighted by Gasteiger charge is -2.03. The Morgan fingerprint density at radius 2 is 2.00 bits per heavy atom. The topological polar surface area (TPSA) is 28.0 Å². The van der Waals surface area contributed by atoms with E-state index >= 15 is 0 Å². The van der Waals surface area contributed by atoms with Gasteiger partial charge in [0, 0.05) is 19.8 Å². The summed E-state index contributed by atoms with van der Waals surface area (Å²) >= 11 is 0. The van der Waals surface area contributed by atoms with Crippen molar-refractivity contribution in [1.82, 2.24) is 5.01 Å². The Kier molecular flexibility index (Phi) is 3.67. The average molecular weight is 127 g/mol. The van der Waals surface area contributed by atoms with E-state index in [9.17, 15) is 0 Å². The molecule has 0 bridgehead atoms. The van der Waals surface area contributed by atoms with E-state index < -0.39 is 0 Å². The first-order chi connectivity index (χ1) is 4.16. The van der Waals surface area contributed by atoms with Gasteiger partial charge in [-0.2, -0.15) is 5.10 Å². The summed E-state index contributed by atoms with van der Waals surface area (Å²) in [6.45, 7) is 3.89. The molecule has 3 nitrogen and oxygen atoms in total. The zero-order valence-electron chi connectivity index (χ0n) is 6.42. The zero-order valence-corrected chi connectivity index (χ0v) is 6.42. The van der Waals surface area contributed by atoms with Crippen molar-refractivity contribution in [2.45, 2.75) is 13.8 Å². The standard InChI is InChI=1S/C6H13N3/c1-6(2)8-9(4)5-7-3/h5H,1-4H3. The van der Waals surface area contributed by atoms with Crippen LogP contribution in [0.25, 0.3) is 0 Å². The second-order valence-corrected chi connectivity index (χ2v) is 1.99. The Morgan fingerprint density at radius 3 is 2.33 bits per heavy atom. The Hall–Kier alpha value is -0.860. The Bertz CT molecular complexity index is 122. The van der Waals surface area contributed by atoms with E-state index in [1.165, 1.54) is 0 Å². The highest BCUT2D eigenvalue weighted by Gasteiger charge is 1.82. The van der Waals surface area contributed by atoms with Crippen LogP contribution in [0, 0.1) is 0 Å². The quantitative estimate of drug-likeness (QED) is 0.308. The van der Waals surface area contributed by atoms with Gasteiger partial charge in [-0.3, -0.25) is 10.0 Å². The predicted octanol–water partition coefficient (Wildman–Crippen LogP) is 0.972. The molecule has 0 aromatic carbocycles. The molecule has 0 radical (unpaired) electrons. The Balaban J connectivity index is 3.76. The molecule has 0 aliphatic heterocycles. The second kappa shape index (κ2) is 4.06. The van der Waals surface area contributed by atoms with Crippen molar-refractivity contribution in [3.05, 3.63) is 0 Å². The first-order valence-corrected chi connectivity index (χ1v) is 2.83. The predicted molar refractivity (Wildman–Crippen MR) is 41.0 cm³/mol. The molecule has 0 unspecified atom stereocenters. The highest BCUT2D eigenvalue weighted by atomic mass is 15.4. The van der Waals surface area contributed by atoms with Crippen LogP contribution in [-0.4, -0.2) is 31.2 Å². The van der Waals surface area contributed by atoms with Crippen molar-refractivity contribution in [1.29, 1.82) is 0 Å². The monoisotopic (exact) mass is 127 g/mol. The van der Waals surface area contributed by atoms with Gasteiger partial charge < -0.3 is 0 Å². The van der Waals surface area contributed by atoms with Crippen molar-refractivity contribution in [2.24, 2.45) is 10.1 Å². The molecule has 0 fully saturated rings. The molecule has 0 rings (SSSR count). The van der Waals surface area contributed by atoms with Gasteiger partial charge in [-0.1, -0.05) is 0 Å². The molecule has 0 aromatic rings. The van der Waals surface area contributed by atoms with Crippen LogP contribution in [0.4, 0.5) is 0 Å². The van der Waals surface area contributed by atoms with E-state index in [4.69, 9.17) is 0 Å². The molecule has 0 saturated heterocycles. The molecule has 0 aromatic heterocycles. The van der Waals surface area contributed by atoms with Gasteiger partial charge in [0.15, 0.2) is 0 Å². The van der Waals surface area contributed by atoms with Gasteiger partial charge >= 0.3 is 0 Å². The fourth-order valence-corrected chi connectivity index (χ4v) is 0.508. The lowest BCUT2D eigenvalue weighted by molar-refractivity contribution is 0.559. The van der Waals surface area contributed by atoms with Crippen LogP contribution in [0.15, 0.2) is 10.1 Å². The molecular weight excluding hydrogens is 114 g/mol. The number of aliphatic imine (C=N–C) groups is 1. The molecular formula is C6H13N3. The Morgan fingerprint density at radius 1 is 1.44 bits per heavy atom. The molecule has 3 heteroatoms. The number of rotatable bonds is 2. The van der Waals surface area contributed by atoms with Gasteiger partial charge in [-0.25, -0.2) is 0 Å². The van der Waals surface area contributed by atoms with Crippen molar-refractivity contribution >= 4 is 12.1 Å². The highest BCUT2D eigenvalue weighted by molar-refractivity contribution is 5.79. The average Bonchev–Trinajstić information content (AvgIpc) is 1.63. The van der Waals surface area contributed by atoms with Crippen LogP contribution in [0.1, 0.15) is 13.8 Å². The summed E-state index contributed by atoms with van der Waals surface area (Å²) in [6.07, 6.45) is 1.66. The molecule has 0 heterocycles. The van der Waals surface area contributed by atoms with E-state index in [-0.39, 0.29) is 0 Å². The van der Waals surface area contributed by atoms with Crippen LogP contribution in [-0.2, 0) is 0 Å². The SMILES string of the molecule is CN=CN(C)N=C(C)C. The summed E-state index contributed by atoms with van der Waals surface area (Å²) in [7, 11) is 3.57. The van der Waals surface area contributed by atoms with Crippen LogP contribution < -0.4 is 0 Å². The van der Waals surface area contributed by atoms with Gasteiger partial charge in [-0.05, 0) is 13.8 Å². The smallest absolute Gasteiger partial charge is 0.105 e. The summed E-state index contributed by atoms with van der Waals surface area (Å²) in [5.41, 5.74) is 1.03. The summed E-state index contributed by atoms with van der Waals surface area (Å²) < 4.78 is 0. The molecule has 0 N–H and O–H groups in total.